The zero-order valence-electron chi connectivity index (χ0n) is 15.4. The molecule has 0 bridgehead atoms. The van der Waals surface area contributed by atoms with Crippen molar-refractivity contribution in [2.75, 3.05) is 0 Å². The highest BCUT2D eigenvalue weighted by Gasteiger charge is 2.18. The smallest absolute Gasteiger partial charge is 0.233 e. The summed E-state index contributed by atoms with van der Waals surface area (Å²) < 4.78 is 2.03. The van der Waals surface area contributed by atoms with Crippen LogP contribution in [0.2, 0.25) is 5.02 Å². The maximum absolute atomic E-state index is 12.7. The van der Waals surface area contributed by atoms with Crippen molar-refractivity contribution in [1.82, 2.24) is 14.9 Å². The molecular formula is C21H22ClN3OS. The van der Waals surface area contributed by atoms with E-state index in [1.54, 1.807) is 18.0 Å². The van der Waals surface area contributed by atoms with Crippen LogP contribution in [0.25, 0.3) is 5.69 Å². The molecule has 1 heterocycles. The predicted octanol–water partition coefficient (Wildman–Crippen LogP) is 5.02. The fraction of sp³-hybridized carbons (Fsp3) is 0.238. The van der Waals surface area contributed by atoms with Gasteiger partial charge in [0.2, 0.25) is 5.91 Å². The Kier molecular flexibility index (Phi) is 6.58. The molecule has 1 atom stereocenters. The van der Waals surface area contributed by atoms with Crippen molar-refractivity contribution >= 4 is 29.3 Å². The third-order valence-electron chi connectivity index (χ3n) is 4.29. The van der Waals surface area contributed by atoms with E-state index >= 15 is 0 Å². The minimum absolute atomic E-state index is 0.0367. The summed E-state index contributed by atoms with van der Waals surface area (Å²) in [6, 6.07) is 15.6. The second kappa shape index (κ2) is 9.11. The molecule has 0 unspecified atom stereocenters. The van der Waals surface area contributed by atoms with Crippen LogP contribution in [0.3, 0.4) is 0 Å². The van der Waals surface area contributed by atoms with Crippen molar-refractivity contribution in [2.24, 2.45) is 0 Å². The highest BCUT2D eigenvalue weighted by Crippen LogP contribution is 2.27. The number of hydrogen-bond donors (Lipinski definition) is 1. The van der Waals surface area contributed by atoms with E-state index in [2.05, 4.69) is 10.3 Å². The first-order chi connectivity index (χ1) is 13.1. The first-order valence-electron chi connectivity index (χ1n) is 8.86. The van der Waals surface area contributed by atoms with Gasteiger partial charge in [-0.1, -0.05) is 36.7 Å². The van der Waals surface area contributed by atoms with E-state index in [0.29, 0.717) is 11.6 Å². The topological polar surface area (TPSA) is 46.9 Å². The molecular weight excluding hydrogens is 378 g/mol. The molecule has 0 spiro atoms. The number of carbonyl (C=O) groups excluding carboxylic acids is 1. The van der Waals surface area contributed by atoms with Crippen LogP contribution in [0.5, 0.6) is 0 Å². The van der Waals surface area contributed by atoms with Crippen LogP contribution in [0, 0.1) is 6.92 Å². The number of halogens is 1. The third kappa shape index (κ3) is 4.93. The Hall–Kier alpha value is -2.24. The van der Waals surface area contributed by atoms with Crippen molar-refractivity contribution in [3.63, 3.8) is 0 Å². The Morgan fingerprint density at radius 1 is 1.22 bits per heavy atom. The SMILES string of the molecule is CC[C@@H](Sc1ccc(Cl)cc1)C(=O)NCc1ccccc1-n1ccnc1C. The zero-order valence-corrected chi connectivity index (χ0v) is 16.9. The summed E-state index contributed by atoms with van der Waals surface area (Å²) >= 11 is 7.49. The molecule has 2 aromatic carbocycles. The fourth-order valence-electron chi connectivity index (χ4n) is 2.82. The highest BCUT2D eigenvalue weighted by atomic mass is 35.5. The van der Waals surface area contributed by atoms with Gasteiger partial charge in [0.05, 0.1) is 10.9 Å². The average molecular weight is 400 g/mol. The number of thioether (sulfide) groups is 1. The van der Waals surface area contributed by atoms with Gasteiger partial charge in [-0.15, -0.1) is 11.8 Å². The van der Waals surface area contributed by atoms with Gasteiger partial charge >= 0.3 is 0 Å². The minimum Gasteiger partial charge on any atom is -0.351 e. The van der Waals surface area contributed by atoms with Gasteiger partial charge in [-0.25, -0.2) is 4.98 Å². The number of imidazole rings is 1. The standard InChI is InChI=1S/C21H22ClN3OS/c1-3-20(27-18-10-8-17(22)9-11-18)21(26)24-14-16-6-4-5-7-19(16)25-13-12-23-15(25)2/h4-13,20H,3,14H2,1-2H3,(H,24,26)/t20-/m1/s1. The van der Waals surface area contributed by atoms with Gasteiger partial charge in [-0.3, -0.25) is 4.79 Å². The van der Waals surface area contributed by atoms with Crippen molar-refractivity contribution < 1.29 is 4.79 Å². The van der Waals surface area contributed by atoms with Crippen molar-refractivity contribution in [1.29, 1.82) is 0 Å². The number of aromatic nitrogens is 2. The molecule has 6 heteroatoms. The van der Waals surface area contributed by atoms with E-state index < -0.39 is 0 Å². The van der Waals surface area contributed by atoms with Gasteiger partial charge in [0.25, 0.3) is 0 Å². The van der Waals surface area contributed by atoms with E-state index in [1.165, 1.54) is 0 Å². The lowest BCUT2D eigenvalue weighted by atomic mass is 10.1. The molecule has 140 valence electrons. The monoisotopic (exact) mass is 399 g/mol. The summed E-state index contributed by atoms with van der Waals surface area (Å²) in [4.78, 5) is 18.0. The van der Waals surface area contributed by atoms with Gasteiger partial charge in [0.1, 0.15) is 5.82 Å². The Labute approximate surface area is 169 Å². The van der Waals surface area contributed by atoms with Crippen LogP contribution in [-0.4, -0.2) is 20.7 Å². The number of aryl methyl sites for hydroxylation is 1. The molecule has 0 saturated heterocycles. The second-order valence-corrected chi connectivity index (χ2v) is 7.87. The molecule has 0 radical (unpaired) electrons. The number of nitrogens with zero attached hydrogens (tertiary/aromatic N) is 2. The zero-order chi connectivity index (χ0) is 19.2. The van der Waals surface area contributed by atoms with Gasteiger partial charge in [-0.05, 0) is 49.2 Å². The molecule has 1 aromatic heterocycles. The molecule has 27 heavy (non-hydrogen) atoms. The summed E-state index contributed by atoms with van der Waals surface area (Å²) in [6.45, 7) is 4.46. The van der Waals surface area contributed by atoms with E-state index in [4.69, 9.17) is 11.6 Å². The number of amides is 1. The number of hydrogen-bond acceptors (Lipinski definition) is 3. The number of nitrogens with one attached hydrogen (secondary N) is 1. The molecule has 1 amide bonds. The lowest BCUT2D eigenvalue weighted by molar-refractivity contribution is -0.120. The Morgan fingerprint density at radius 2 is 1.96 bits per heavy atom. The maximum atomic E-state index is 12.7. The maximum Gasteiger partial charge on any atom is 0.233 e. The summed E-state index contributed by atoms with van der Waals surface area (Å²) in [5, 5.41) is 3.64. The molecule has 0 aliphatic rings. The highest BCUT2D eigenvalue weighted by molar-refractivity contribution is 8.00. The molecule has 3 rings (SSSR count). The Balaban J connectivity index is 1.68. The van der Waals surface area contributed by atoms with Crippen molar-refractivity contribution in [3.8, 4) is 5.69 Å². The van der Waals surface area contributed by atoms with Gasteiger partial charge < -0.3 is 9.88 Å². The van der Waals surface area contributed by atoms with Crippen LogP contribution in [0.4, 0.5) is 0 Å². The Bertz CT molecular complexity index is 908. The molecule has 1 N–H and O–H groups in total. The number of carbonyl (C=O) groups is 1. The molecule has 0 saturated carbocycles. The van der Waals surface area contributed by atoms with Gasteiger partial charge in [-0.2, -0.15) is 0 Å². The van der Waals surface area contributed by atoms with E-state index in [9.17, 15) is 4.79 Å². The first-order valence-corrected chi connectivity index (χ1v) is 10.1. The fourth-order valence-corrected chi connectivity index (χ4v) is 3.93. The molecule has 4 nitrogen and oxygen atoms in total. The molecule has 0 aliphatic heterocycles. The van der Waals surface area contributed by atoms with E-state index in [-0.39, 0.29) is 11.2 Å². The number of rotatable bonds is 7. The third-order valence-corrected chi connectivity index (χ3v) is 5.91. The lowest BCUT2D eigenvalue weighted by Gasteiger charge is -2.17. The van der Waals surface area contributed by atoms with Gasteiger partial charge in [0, 0.05) is 28.9 Å². The summed E-state index contributed by atoms with van der Waals surface area (Å²) in [6.07, 6.45) is 4.46. The minimum atomic E-state index is -0.145. The quantitative estimate of drug-likeness (QED) is 0.567. The normalized spacial score (nSPS) is 12.0. The van der Waals surface area contributed by atoms with E-state index in [1.807, 2.05) is 73.1 Å². The summed E-state index contributed by atoms with van der Waals surface area (Å²) in [7, 11) is 0. The van der Waals surface area contributed by atoms with Crippen LogP contribution in [-0.2, 0) is 11.3 Å². The summed E-state index contributed by atoms with van der Waals surface area (Å²) in [5.41, 5.74) is 2.09. The molecule has 3 aromatic rings. The van der Waals surface area contributed by atoms with Crippen LogP contribution >= 0.6 is 23.4 Å². The predicted molar refractivity (Wildman–Crippen MR) is 112 cm³/mol. The average Bonchev–Trinajstić information content (AvgIpc) is 3.11. The van der Waals surface area contributed by atoms with E-state index in [0.717, 1.165) is 28.4 Å². The van der Waals surface area contributed by atoms with Crippen LogP contribution < -0.4 is 5.32 Å². The number of para-hydroxylation sites is 1. The Morgan fingerprint density at radius 3 is 2.63 bits per heavy atom. The van der Waals surface area contributed by atoms with Crippen LogP contribution in [0.1, 0.15) is 24.7 Å². The van der Waals surface area contributed by atoms with Crippen molar-refractivity contribution in [3.05, 3.63) is 77.3 Å². The largest absolute Gasteiger partial charge is 0.351 e. The molecule has 0 fully saturated rings. The molecule has 0 aliphatic carbocycles. The lowest BCUT2D eigenvalue weighted by Crippen LogP contribution is -2.32. The van der Waals surface area contributed by atoms with Gasteiger partial charge in [0.15, 0.2) is 0 Å². The first kappa shape index (κ1) is 19.5. The van der Waals surface area contributed by atoms with Crippen molar-refractivity contribution in [2.45, 2.75) is 37.0 Å². The van der Waals surface area contributed by atoms with Crippen LogP contribution in [0.15, 0.2) is 65.8 Å². The second-order valence-electron chi connectivity index (χ2n) is 6.16. The number of benzene rings is 2. The summed E-state index contributed by atoms with van der Waals surface area (Å²) in [5.74, 6) is 0.952.